The van der Waals surface area contributed by atoms with Crippen LogP contribution >= 0.6 is 0 Å². The van der Waals surface area contributed by atoms with E-state index in [1.165, 1.54) is 12.0 Å². The molecule has 0 aromatic heterocycles. The second kappa shape index (κ2) is 3.26. The Balaban J connectivity index is 2.99. The molecule has 0 aromatic carbocycles. The summed E-state index contributed by atoms with van der Waals surface area (Å²) in [6.45, 7) is 8.06. The van der Waals surface area contributed by atoms with E-state index in [2.05, 4.69) is 26.5 Å². The normalized spacial score (nSPS) is 38.5. The third-order valence-corrected chi connectivity index (χ3v) is 3.18. The maximum atomic E-state index is 7.44. The molecule has 1 fully saturated rings. The summed E-state index contributed by atoms with van der Waals surface area (Å²) in [4.78, 5) is 0. The molecule has 1 rings (SSSR count). The Morgan fingerprint density at radius 1 is 1.67 bits per heavy atom. The Morgan fingerprint density at radius 3 is 2.83 bits per heavy atom. The molecule has 0 amide bonds. The van der Waals surface area contributed by atoms with Gasteiger partial charge >= 0.3 is 0 Å². The lowest BCUT2D eigenvalue weighted by atomic mass is 9.79. The maximum Gasteiger partial charge on any atom is 0.0258 e. The molecule has 0 bridgehead atoms. The highest BCUT2D eigenvalue weighted by Gasteiger charge is 2.37. The van der Waals surface area contributed by atoms with Gasteiger partial charge in [-0.1, -0.05) is 38.2 Å². The average molecular weight is 163 g/mol. The highest BCUT2D eigenvalue weighted by atomic mass is 14.5. The summed E-state index contributed by atoms with van der Waals surface area (Å²) < 4.78 is 0. The molecule has 1 unspecified atom stereocenters. The van der Waals surface area contributed by atoms with Crippen molar-refractivity contribution in [1.29, 1.82) is 5.41 Å². The molecule has 1 heteroatoms. The first kappa shape index (κ1) is 9.24. The predicted molar refractivity (Wildman–Crippen MR) is 53.6 cm³/mol. The minimum atomic E-state index is -0.00576. The zero-order valence-electron chi connectivity index (χ0n) is 7.93. The SMILES string of the molecule is C=C/C=C1/CCC(C)[C@]1(C)C=N. The van der Waals surface area contributed by atoms with Crippen molar-refractivity contribution >= 4 is 6.21 Å². The van der Waals surface area contributed by atoms with Gasteiger partial charge in [-0.25, -0.2) is 0 Å². The monoisotopic (exact) mass is 163 g/mol. The van der Waals surface area contributed by atoms with E-state index < -0.39 is 0 Å². The minimum Gasteiger partial charge on any atom is -0.312 e. The standard InChI is InChI=1S/C11H17N/c1-4-5-10-7-6-9(2)11(10,3)8-12/h4-5,8-9,12H,1,6-7H2,2-3H3/b10-5-,12-8?/t9?,11-/m0/s1. The summed E-state index contributed by atoms with van der Waals surface area (Å²) >= 11 is 0. The quantitative estimate of drug-likeness (QED) is 0.604. The smallest absolute Gasteiger partial charge is 0.0258 e. The van der Waals surface area contributed by atoms with E-state index in [4.69, 9.17) is 5.41 Å². The molecule has 0 aromatic rings. The van der Waals surface area contributed by atoms with Crippen molar-refractivity contribution in [2.24, 2.45) is 11.3 Å². The Hall–Kier alpha value is -0.850. The van der Waals surface area contributed by atoms with E-state index in [0.717, 1.165) is 6.42 Å². The number of rotatable bonds is 2. The summed E-state index contributed by atoms with van der Waals surface area (Å²) in [6, 6.07) is 0. The van der Waals surface area contributed by atoms with Crippen LogP contribution in [0, 0.1) is 16.7 Å². The molecule has 12 heavy (non-hydrogen) atoms. The molecular weight excluding hydrogens is 146 g/mol. The van der Waals surface area contributed by atoms with E-state index in [0.29, 0.717) is 5.92 Å². The van der Waals surface area contributed by atoms with Crippen molar-refractivity contribution in [3.63, 3.8) is 0 Å². The van der Waals surface area contributed by atoms with Crippen LogP contribution in [0.1, 0.15) is 26.7 Å². The van der Waals surface area contributed by atoms with Crippen LogP contribution in [-0.4, -0.2) is 6.21 Å². The van der Waals surface area contributed by atoms with Crippen LogP contribution in [0.25, 0.3) is 0 Å². The lowest BCUT2D eigenvalue weighted by Crippen LogP contribution is -2.22. The van der Waals surface area contributed by atoms with Crippen molar-refractivity contribution in [3.8, 4) is 0 Å². The van der Waals surface area contributed by atoms with E-state index >= 15 is 0 Å². The van der Waals surface area contributed by atoms with Gasteiger partial charge in [-0.15, -0.1) is 0 Å². The first-order valence-electron chi connectivity index (χ1n) is 4.49. The molecule has 0 radical (unpaired) electrons. The summed E-state index contributed by atoms with van der Waals surface area (Å²) in [5.74, 6) is 0.598. The maximum absolute atomic E-state index is 7.44. The van der Waals surface area contributed by atoms with Crippen molar-refractivity contribution in [2.75, 3.05) is 0 Å². The van der Waals surface area contributed by atoms with Crippen LogP contribution in [0.4, 0.5) is 0 Å². The van der Waals surface area contributed by atoms with Gasteiger partial charge in [-0.2, -0.15) is 0 Å². The highest BCUT2D eigenvalue weighted by Crippen LogP contribution is 2.45. The molecule has 66 valence electrons. The molecule has 0 spiro atoms. The van der Waals surface area contributed by atoms with Gasteiger partial charge in [0, 0.05) is 11.6 Å². The van der Waals surface area contributed by atoms with Crippen molar-refractivity contribution in [3.05, 3.63) is 24.3 Å². The lowest BCUT2D eigenvalue weighted by Gasteiger charge is -2.25. The van der Waals surface area contributed by atoms with Gasteiger partial charge in [0.25, 0.3) is 0 Å². The Morgan fingerprint density at radius 2 is 2.33 bits per heavy atom. The molecule has 1 nitrogen and oxygen atoms in total. The predicted octanol–water partition coefficient (Wildman–Crippen LogP) is 3.18. The molecule has 0 heterocycles. The molecule has 1 saturated carbocycles. The fourth-order valence-electron chi connectivity index (χ4n) is 1.90. The van der Waals surface area contributed by atoms with Gasteiger partial charge in [-0.05, 0) is 18.8 Å². The van der Waals surface area contributed by atoms with Crippen molar-refractivity contribution in [1.82, 2.24) is 0 Å². The summed E-state index contributed by atoms with van der Waals surface area (Å²) in [7, 11) is 0. The van der Waals surface area contributed by atoms with Gasteiger partial charge in [-0.3, -0.25) is 0 Å². The van der Waals surface area contributed by atoms with Crippen LogP contribution in [0.3, 0.4) is 0 Å². The fraction of sp³-hybridized carbons (Fsp3) is 0.545. The molecule has 1 aliphatic carbocycles. The zero-order valence-corrected chi connectivity index (χ0v) is 7.93. The van der Waals surface area contributed by atoms with E-state index in [1.807, 2.05) is 6.08 Å². The first-order chi connectivity index (χ1) is 5.65. The highest BCUT2D eigenvalue weighted by molar-refractivity contribution is 5.68. The summed E-state index contributed by atoms with van der Waals surface area (Å²) in [5, 5.41) is 7.44. The largest absolute Gasteiger partial charge is 0.312 e. The molecule has 0 saturated heterocycles. The molecular formula is C11H17N. The zero-order chi connectivity index (χ0) is 9.19. The van der Waals surface area contributed by atoms with Gasteiger partial charge in [0.05, 0.1) is 0 Å². The lowest BCUT2D eigenvalue weighted by molar-refractivity contribution is 0.418. The number of hydrogen-bond donors (Lipinski definition) is 1. The Kier molecular flexibility index (Phi) is 2.51. The molecule has 1 N–H and O–H groups in total. The summed E-state index contributed by atoms with van der Waals surface area (Å²) in [5.41, 5.74) is 1.36. The van der Waals surface area contributed by atoms with Crippen LogP contribution in [0.15, 0.2) is 24.3 Å². The Labute approximate surface area is 74.7 Å². The third-order valence-electron chi connectivity index (χ3n) is 3.18. The number of nitrogens with one attached hydrogen (secondary N) is 1. The second-order valence-corrected chi connectivity index (χ2v) is 3.79. The van der Waals surface area contributed by atoms with Crippen molar-refractivity contribution < 1.29 is 0 Å². The van der Waals surface area contributed by atoms with Gasteiger partial charge in [0.15, 0.2) is 0 Å². The molecule has 0 aliphatic heterocycles. The average Bonchev–Trinajstić information content (AvgIpc) is 2.34. The van der Waals surface area contributed by atoms with Gasteiger partial charge < -0.3 is 5.41 Å². The molecule has 2 atom stereocenters. The van der Waals surface area contributed by atoms with Crippen molar-refractivity contribution in [2.45, 2.75) is 26.7 Å². The topological polar surface area (TPSA) is 23.9 Å². The number of allylic oxidation sites excluding steroid dienone is 3. The van der Waals surface area contributed by atoms with Crippen LogP contribution < -0.4 is 0 Å². The van der Waals surface area contributed by atoms with Gasteiger partial charge in [0.2, 0.25) is 0 Å². The third kappa shape index (κ3) is 1.24. The second-order valence-electron chi connectivity index (χ2n) is 3.79. The van der Waals surface area contributed by atoms with Crippen LogP contribution in [0.2, 0.25) is 0 Å². The van der Waals surface area contributed by atoms with Crippen LogP contribution in [0.5, 0.6) is 0 Å². The summed E-state index contributed by atoms with van der Waals surface area (Å²) in [6.07, 6.45) is 7.80. The minimum absolute atomic E-state index is 0.00576. The van der Waals surface area contributed by atoms with Crippen LogP contribution in [-0.2, 0) is 0 Å². The van der Waals surface area contributed by atoms with E-state index in [-0.39, 0.29) is 5.41 Å². The molecule has 1 aliphatic rings. The fourth-order valence-corrected chi connectivity index (χ4v) is 1.90. The first-order valence-corrected chi connectivity index (χ1v) is 4.49. The Bertz CT molecular complexity index is 227. The van der Waals surface area contributed by atoms with Gasteiger partial charge in [0.1, 0.15) is 0 Å². The number of hydrogen-bond acceptors (Lipinski definition) is 1. The van der Waals surface area contributed by atoms with E-state index in [9.17, 15) is 0 Å². The van der Waals surface area contributed by atoms with E-state index in [1.54, 1.807) is 6.21 Å².